The molecule has 0 aromatic heterocycles. The zero-order valence-electron chi connectivity index (χ0n) is 18.4. The third-order valence-corrected chi connectivity index (χ3v) is 6.48. The minimum Gasteiger partial charge on any atom is -0.392 e. The van der Waals surface area contributed by atoms with Gasteiger partial charge >= 0.3 is 0 Å². The average molecular weight is 407 g/mol. The molecule has 4 nitrogen and oxygen atoms in total. The number of rotatable bonds is 17. The van der Waals surface area contributed by atoms with Crippen LogP contribution in [0.5, 0.6) is 0 Å². The minimum absolute atomic E-state index is 0.156. The summed E-state index contributed by atoms with van der Waals surface area (Å²) in [5.74, 6) is 0.993. The Hall–Kier alpha value is -1.26. The molecule has 4 heteroatoms. The highest BCUT2D eigenvalue weighted by Crippen LogP contribution is 2.37. The number of unbranched alkanes of at least 4 members (excludes halogenated alkanes) is 5. The van der Waals surface area contributed by atoms with E-state index in [2.05, 4.69) is 13.5 Å². The number of aliphatic hydroxyl groups is 2. The van der Waals surface area contributed by atoms with E-state index in [-0.39, 0.29) is 12.5 Å². The van der Waals surface area contributed by atoms with Gasteiger partial charge in [0.25, 0.3) is 0 Å². The van der Waals surface area contributed by atoms with Gasteiger partial charge in [-0.25, -0.2) is 0 Å². The summed E-state index contributed by atoms with van der Waals surface area (Å²) in [6, 6.07) is 0. The molecule has 1 aliphatic carbocycles. The van der Waals surface area contributed by atoms with Crippen LogP contribution < -0.4 is 0 Å². The Labute approximate surface area is 177 Å². The van der Waals surface area contributed by atoms with Crippen LogP contribution in [0, 0.1) is 11.8 Å². The maximum atomic E-state index is 12.3. The molecule has 0 radical (unpaired) electrons. The van der Waals surface area contributed by atoms with Gasteiger partial charge in [0.1, 0.15) is 12.1 Å². The Balaban J connectivity index is 2.36. The van der Waals surface area contributed by atoms with Crippen molar-refractivity contribution in [2.45, 2.75) is 102 Å². The van der Waals surface area contributed by atoms with Gasteiger partial charge in [-0.1, -0.05) is 51.2 Å². The van der Waals surface area contributed by atoms with Gasteiger partial charge in [0.2, 0.25) is 0 Å². The lowest BCUT2D eigenvalue weighted by Gasteiger charge is -2.26. The Kier molecular flexibility index (Phi) is 13.0. The average Bonchev–Trinajstić information content (AvgIpc) is 3.07. The van der Waals surface area contributed by atoms with Gasteiger partial charge in [-0.2, -0.15) is 0 Å². The highest BCUT2D eigenvalue weighted by atomic mass is 16.3. The Morgan fingerprint density at radius 2 is 1.90 bits per heavy atom. The molecular weight excluding hydrogens is 364 g/mol. The highest BCUT2D eigenvalue weighted by Gasteiger charge is 2.34. The maximum absolute atomic E-state index is 12.3. The van der Waals surface area contributed by atoms with Crippen LogP contribution in [0.1, 0.15) is 96.8 Å². The summed E-state index contributed by atoms with van der Waals surface area (Å²) in [7, 11) is 0. The van der Waals surface area contributed by atoms with Crippen LogP contribution in [-0.2, 0) is 9.59 Å². The zero-order valence-corrected chi connectivity index (χ0v) is 18.4. The predicted octanol–water partition coefficient (Wildman–Crippen LogP) is 5.32. The summed E-state index contributed by atoms with van der Waals surface area (Å²) in [6.07, 6.45) is 17.5. The summed E-state index contributed by atoms with van der Waals surface area (Å²) < 4.78 is 0. The molecule has 3 atom stereocenters. The topological polar surface area (TPSA) is 74.6 Å². The monoisotopic (exact) mass is 406 g/mol. The fraction of sp³-hybridized carbons (Fsp3) is 0.760. The lowest BCUT2D eigenvalue weighted by atomic mass is 9.84. The third kappa shape index (κ3) is 9.86. The number of hydrogen-bond acceptors (Lipinski definition) is 4. The molecule has 29 heavy (non-hydrogen) atoms. The number of ketones is 1. The summed E-state index contributed by atoms with van der Waals surface area (Å²) in [5.41, 5.74) is -0.328. The normalized spacial score (nSPS) is 21.9. The number of allylic oxidation sites excluding steroid dienone is 1. The van der Waals surface area contributed by atoms with E-state index in [1.807, 2.05) is 0 Å². The SMILES string of the molecule is C=CC(O)(CCCCCC)CCC[C@H]1CCC(=O)[C@@H]1CCCCC=C(C=O)CO. The fourth-order valence-electron chi connectivity index (χ4n) is 4.52. The summed E-state index contributed by atoms with van der Waals surface area (Å²) in [5, 5.41) is 19.7. The van der Waals surface area contributed by atoms with E-state index in [9.17, 15) is 14.7 Å². The molecule has 1 fully saturated rings. The molecule has 0 spiro atoms. The van der Waals surface area contributed by atoms with Crippen molar-refractivity contribution < 1.29 is 19.8 Å². The summed E-state index contributed by atoms with van der Waals surface area (Å²) in [6.45, 7) is 5.83. The number of Topliss-reactive ketones (excluding diaryl/α,β-unsaturated/α-hetero) is 1. The first-order chi connectivity index (χ1) is 14.0. The second-order valence-electron chi connectivity index (χ2n) is 8.72. The first-order valence-electron chi connectivity index (χ1n) is 11.6. The van der Waals surface area contributed by atoms with E-state index in [1.54, 1.807) is 12.2 Å². The van der Waals surface area contributed by atoms with Gasteiger partial charge in [-0.05, 0) is 57.3 Å². The van der Waals surface area contributed by atoms with E-state index in [4.69, 9.17) is 5.11 Å². The van der Waals surface area contributed by atoms with Crippen LogP contribution in [0.15, 0.2) is 24.3 Å². The van der Waals surface area contributed by atoms with E-state index < -0.39 is 5.60 Å². The van der Waals surface area contributed by atoms with Crippen LogP contribution in [0.25, 0.3) is 0 Å². The Bertz CT molecular complexity index is 525. The van der Waals surface area contributed by atoms with E-state index in [0.717, 1.165) is 70.6 Å². The molecule has 0 heterocycles. The van der Waals surface area contributed by atoms with Crippen molar-refractivity contribution >= 4 is 12.1 Å². The quantitative estimate of drug-likeness (QED) is 0.148. The molecule has 0 aromatic carbocycles. The second-order valence-corrected chi connectivity index (χ2v) is 8.72. The van der Waals surface area contributed by atoms with Crippen LogP contribution in [-0.4, -0.2) is 34.5 Å². The molecule has 0 aliphatic heterocycles. The molecule has 1 saturated carbocycles. The Morgan fingerprint density at radius 3 is 2.55 bits per heavy atom. The molecule has 2 N–H and O–H groups in total. The molecule has 166 valence electrons. The smallest absolute Gasteiger partial charge is 0.148 e. The van der Waals surface area contributed by atoms with Gasteiger partial charge in [0, 0.05) is 17.9 Å². The first kappa shape index (κ1) is 25.8. The standard InChI is InChI=1S/C25H42O4/c1-3-5-6-10-17-25(29,4-2)18-11-13-22-15-16-24(28)23(22)14-9-7-8-12-21(19-26)20-27/h4,12,19,22-23,27,29H,2-3,5-11,13-18,20H2,1H3/t22-,23+,25?/m0/s1. The maximum Gasteiger partial charge on any atom is 0.148 e. The van der Waals surface area contributed by atoms with Gasteiger partial charge in [-0.3, -0.25) is 9.59 Å². The molecule has 0 saturated heterocycles. The summed E-state index contributed by atoms with van der Waals surface area (Å²) in [4.78, 5) is 23.0. The van der Waals surface area contributed by atoms with E-state index in [0.29, 0.717) is 30.0 Å². The summed E-state index contributed by atoms with van der Waals surface area (Å²) >= 11 is 0. The lowest BCUT2D eigenvalue weighted by molar-refractivity contribution is -0.121. The van der Waals surface area contributed by atoms with Crippen molar-refractivity contribution in [2.75, 3.05) is 6.61 Å². The number of aliphatic hydroxyl groups excluding tert-OH is 1. The van der Waals surface area contributed by atoms with Crippen molar-refractivity contribution in [3.05, 3.63) is 24.3 Å². The van der Waals surface area contributed by atoms with Gasteiger partial charge in [0.15, 0.2) is 0 Å². The number of carbonyl (C=O) groups is 2. The van der Waals surface area contributed by atoms with Crippen LogP contribution in [0.2, 0.25) is 0 Å². The minimum atomic E-state index is -0.763. The Morgan fingerprint density at radius 1 is 1.14 bits per heavy atom. The highest BCUT2D eigenvalue weighted by molar-refractivity contribution is 5.83. The van der Waals surface area contributed by atoms with Crippen molar-refractivity contribution in [1.29, 1.82) is 0 Å². The molecule has 1 unspecified atom stereocenters. The lowest BCUT2D eigenvalue weighted by Crippen LogP contribution is -2.26. The molecule has 1 rings (SSSR count). The molecular formula is C25H42O4. The van der Waals surface area contributed by atoms with Crippen molar-refractivity contribution in [2.24, 2.45) is 11.8 Å². The largest absolute Gasteiger partial charge is 0.392 e. The first-order valence-corrected chi connectivity index (χ1v) is 11.6. The second kappa shape index (κ2) is 14.7. The third-order valence-electron chi connectivity index (χ3n) is 6.48. The van der Waals surface area contributed by atoms with Crippen molar-refractivity contribution in [3.63, 3.8) is 0 Å². The van der Waals surface area contributed by atoms with Gasteiger partial charge < -0.3 is 10.2 Å². The number of aldehydes is 1. The molecule has 0 bridgehead atoms. The number of carbonyl (C=O) groups excluding carboxylic acids is 2. The van der Waals surface area contributed by atoms with Crippen molar-refractivity contribution in [3.8, 4) is 0 Å². The number of hydrogen-bond donors (Lipinski definition) is 2. The van der Waals surface area contributed by atoms with E-state index in [1.165, 1.54) is 12.8 Å². The molecule has 0 aromatic rings. The van der Waals surface area contributed by atoms with Crippen LogP contribution in [0.4, 0.5) is 0 Å². The zero-order chi connectivity index (χ0) is 21.5. The van der Waals surface area contributed by atoms with E-state index >= 15 is 0 Å². The predicted molar refractivity (Wildman–Crippen MR) is 119 cm³/mol. The molecule has 1 aliphatic rings. The van der Waals surface area contributed by atoms with Crippen LogP contribution >= 0.6 is 0 Å². The van der Waals surface area contributed by atoms with Crippen LogP contribution in [0.3, 0.4) is 0 Å². The van der Waals surface area contributed by atoms with Gasteiger partial charge in [-0.15, -0.1) is 6.58 Å². The van der Waals surface area contributed by atoms with Gasteiger partial charge in [0.05, 0.1) is 12.2 Å². The van der Waals surface area contributed by atoms with Crippen molar-refractivity contribution in [1.82, 2.24) is 0 Å². The fourth-order valence-corrected chi connectivity index (χ4v) is 4.52. The molecule has 0 amide bonds.